The van der Waals surface area contributed by atoms with E-state index in [4.69, 9.17) is 0 Å². The van der Waals surface area contributed by atoms with Crippen LogP contribution in [0.25, 0.3) is 21.8 Å². The number of benzene rings is 3. The van der Waals surface area contributed by atoms with E-state index in [1.54, 1.807) is 12.1 Å². The second-order valence-corrected chi connectivity index (χ2v) is 6.10. The molecule has 0 radical (unpaired) electrons. The smallest absolute Gasteiger partial charge is 0.271 e. The molecule has 0 aliphatic rings. The van der Waals surface area contributed by atoms with Crippen LogP contribution >= 0.6 is 0 Å². The number of carbonyl (C=O) groups is 1. The van der Waals surface area contributed by atoms with Gasteiger partial charge in [-0.15, -0.1) is 0 Å². The van der Waals surface area contributed by atoms with Crippen LogP contribution in [0.1, 0.15) is 16.1 Å². The number of nitrogens with zero attached hydrogens (tertiary/aromatic N) is 2. The molecule has 132 valence electrons. The molecule has 1 aromatic heterocycles. The standard InChI is InChI=1S/C20H13N3O4/c24-19(15-7-3-5-12-4-1-2-6-14(12)15)11-18-20(25)22-17-10-13(23(26)27)8-9-16(17)21-18/h1-10H,11H2,(H,22,25). The van der Waals surface area contributed by atoms with Gasteiger partial charge in [0.1, 0.15) is 5.69 Å². The third-order valence-corrected chi connectivity index (χ3v) is 4.37. The molecule has 3 aromatic carbocycles. The Morgan fingerprint density at radius 2 is 1.85 bits per heavy atom. The Balaban J connectivity index is 1.73. The monoisotopic (exact) mass is 359 g/mol. The summed E-state index contributed by atoms with van der Waals surface area (Å²) < 4.78 is 0. The van der Waals surface area contributed by atoms with Gasteiger partial charge in [0.2, 0.25) is 0 Å². The fraction of sp³-hybridized carbons (Fsp3) is 0.0500. The van der Waals surface area contributed by atoms with Gasteiger partial charge in [0.05, 0.1) is 22.4 Å². The van der Waals surface area contributed by atoms with Crippen molar-refractivity contribution in [2.24, 2.45) is 0 Å². The molecular formula is C20H13N3O4. The summed E-state index contributed by atoms with van der Waals surface area (Å²) in [6.45, 7) is 0. The summed E-state index contributed by atoms with van der Waals surface area (Å²) in [4.78, 5) is 42.2. The number of aromatic amines is 1. The maximum atomic E-state index is 12.8. The molecule has 4 aromatic rings. The quantitative estimate of drug-likeness (QED) is 0.341. The summed E-state index contributed by atoms with van der Waals surface area (Å²) in [6, 6.07) is 17.0. The van der Waals surface area contributed by atoms with E-state index in [0.29, 0.717) is 11.1 Å². The number of hydrogen-bond donors (Lipinski definition) is 1. The number of aromatic nitrogens is 2. The number of fused-ring (bicyclic) bond motifs is 2. The highest BCUT2D eigenvalue weighted by atomic mass is 16.6. The molecule has 0 atom stereocenters. The lowest BCUT2D eigenvalue weighted by molar-refractivity contribution is -0.384. The highest BCUT2D eigenvalue weighted by Gasteiger charge is 2.15. The third kappa shape index (κ3) is 3.06. The lowest BCUT2D eigenvalue weighted by Gasteiger charge is -2.06. The number of hydrogen-bond acceptors (Lipinski definition) is 5. The minimum atomic E-state index is -0.546. The fourth-order valence-corrected chi connectivity index (χ4v) is 3.06. The SMILES string of the molecule is O=C(Cc1nc2ccc([N+](=O)[O-])cc2[nH]c1=O)c1cccc2ccccc12. The van der Waals surface area contributed by atoms with Crippen LogP contribution in [0.4, 0.5) is 5.69 Å². The van der Waals surface area contributed by atoms with Crippen LogP contribution < -0.4 is 5.56 Å². The molecule has 0 aliphatic heterocycles. The first kappa shape index (κ1) is 16.6. The molecule has 0 unspecified atom stereocenters. The van der Waals surface area contributed by atoms with Crippen molar-refractivity contribution >= 4 is 33.3 Å². The molecule has 7 heteroatoms. The van der Waals surface area contributed by atoms with Gasteiger partial charge in [-0.3, -0.25) is 19.7 Å². The predicted molar refractivity (Wildman–Crippen MR) is 101 cm³/mol. The van der Waals surface area contributed by atoms with E-state index in [-0.39, 0.29) is 29.1 Å². The Labute approximate surface area is 152 Å². The lowest BCUT2D eigenvalue weighted by atomic mass is 9.99. The number of H-pyrrole nitrogens is 1. The second-order valence-electron chi connectivity index (χ2n) is 6.10. The molecule has 27 heavy (non-hydrogen) atoms. The zero-order chi connectivity index (χ0) is 19.0. The normalized spacial score (nSPS) is 11.0. The first-order valence-corrected chi connectivity index (χ1v) is 8.21. The number of carbonyl (C=O) groups excluding carboxylic acids is 1. The molecule has 0 amide bonds. The summed E-state index contributed by atoms with van der Waals surface area (Å²) in [5.41, 5.74) is 0.583. The van der Waals surface area contributed by atoms with Gasteiger partial charge in [0.15, 0.2) is 5.78 Å². The summed E-state index contributed by atoms with van der Waals surface area (Å²) >= 11 is 0. The topological polar surface area (TPSA) is 106 Å². The van der Waals surface area contributed by atoms with E-state index in [9.17, 15) is 19.7 Å². The molecule has 0 saturated carbocycles. The number of rotatable bonds is 4. The number of Topliss-reactive ketones (excluding diaryl/α,β-unsaturated/α-hetero) is 1. The van der Waals surface area contributed by atoms with Crippen LogP contribution in [0.15, 0.2) is 65.5 Å². The molecule has 0 bridgehead atoms. The maximum absolute atomic E-state index is 12.8. The van der Waals surface area contributed by atoms with E-state index in [2.05, 4.69) is 9.97 Å². The van der Waals surface area contributed by atoms with E-state index in [0.717, 1.165) is 10.8 Å². The molecule has 0 spiro atoms. The van der Waals surface area contributed by atoms with Crippen LogP contribution in [0.3, 0.4) is 0 Å². The number of nitro groups is 1. The number of ketones is 1. The average molecular weight is 359 g/mol. The van der Waals surface area contributed by atoms with Gasteiger partial charge in [0.25, 0.3) is 11.2 Å². The van der Waals surface area contributed by atoms with Gasteiger partial charge in [-0.2, -0.15) is 0 Å². The van der Waals surface area contributed by atoms with E-state index in [1.807, 2.05) is 30.3 Å². The number of nitrogens with one attached hydrogen (secondary N) is 1. The van der Waals surface area contributed by atoms with Crippen molar-refractivity contribution in [2.75, 3.05) is 0 Å². The number of non-ortho nitro benzene ring substituents is 1. The summed E-state index contributed by atoms with van der Waals surface area (Å²) in [5, 5.41) is 12.6. The first-order chi connectivity index (χ1) is 13.0. The van der Waals surface area contributed by atoms with Gasteiger partial charge in [-0.1, -0.05) is 42.5 Å². The minimum Gasteiger partial charge on any atom is -0.319 e. The van der Waals surface area contributed by atoms with Crippen LogP contribution in [0, 0.1) is 10.1 Å². The van der Waals surface area contributed by atoms with E-state index < -0.39 is 10.5 Å². The van der Waals surface area contributed by atoms with E-state index >= 15 is 0 Å². The van der Waals surface area contributed by atoms with Crippen molar-refractivity contribution in [1.82, 2.24) is 9.97 Å². The Morgan fingerprint density at radius 3 is 2.67 bits per heavy atom. The summed E-state index contributed by atoms with van der Waals surface area (Å²) in [7, 11) is 0. The van der Waals surface area contributed by atoms with Crippen molar-refractivity contribution in [2.45, 2.75) is 6.42 Å². The Bertz CT molecular complexity index is 1270. The van der Waals surface area contributed by atoms with Crippen LogP contribution in [0.2, 0.25) is 0 Å². The van der Waals surface area contributed by atoms with E-state index in [1.165, 1.54) is 18.2 Å². The third-order valence-electron chi connectivity index (χ3n) is 4.37. The van der Waals surface area contributed by atoms with Gasteiger partial charge in [-0.05, 0) is 16.8 Å². The molecular weight excluding hydrogens is 346 g/mol. The van der Waals surface area contributed by atoms with Crippen molar-refractivity contribution < 1.29 is 9.72 Å². The van der Waals surface area contributed by atoms with Crippen molar-refractivity contribution in [3.63, 3.8) is 0 Å². The van der Waals surface area contributed by atoms with Crippen molar-refractivity contribution in [1.29, 1.82) is 0 Å². The summed E-state index contributed by atoms with van der Waals surface area (Å²) in [6.07, 6.45) is -0.156. The second kappa shape index (κ2) is 6.45. The van der Waals surface area contributed by atoms with Crippen LogP contribution in [-0.4, -0.2) is 20.7 Å². The Kier molecular flexibility index (Phi) is 3.97. The van der Waals surface area contributed by atoms with Gasteiger partial charge >= 0.3 is 0 Å². The fourth-order valence-electron chi connectivity index (χ4n) is 3.06. The van der Waals surface area contributed by atoms with Crippen molar-refractivity contribution in [3.8, 4) is 0 Å². The lowest BCUT2D eigenvalue weighted by Crippen LogP contribution is -2.19. The van der Waals surface area contributed by atoms with Crippen LogP contribution in [-0.2, 0) is 6.42 Å². The molecule has 4 rings (SSSR count). The van der Waals surface area contributed by atoms with Gasteiger partial charge in [-0.25, -0.2) is 4.98 Å². The molecule has 1 heterocycles. The highest BCUT2D eigenvalue weighted by molar-refractivity contribution is 6.08. The Hall–Kier alpha value is -3.87. The van der Waals surface area contributed by atoms with Crippen LogP contribution in [0.5, 0.6) is 0 Å². The molecule has 7 nitrogen and oxygen atoms in total. The zero-order valence-electron chi connectivity index (χ0n) is 14.0. The molecule has 0 aliphatic carbocycles. The zero-order valence-corrected chi connectivity index (χ0v) is 14.0. The molecule has 0 saturated heterocycles. The number of nitro benzene ring substituents is 1. The Morgan fingerprint density at radius 1 is 1.07 bits per heavy atom. The summed E-state index contributed by atoms with van der Waals surface area (Å²) in [5.74, 6) is -0.217. The largest absolute Gasteiger partial charge is 0.319 e. The first-order valence-electron chi connectivity index (χ1n) is 8.21. The molecule has 1 N–H and O–H groups in total. The van der Waals surface area contributed by atoms with Gasteiger partial charge in [0, 0.05) is 17.7 Å². The maximum Gasteiger partial charge on any atom is 0.271 e. The predicted octanol–water partition coefficient (Wildman–Crippen LogP) is 3.41. The van der Waals surface area contributed by atoms with Crippen molar-refractivity contribution in [3.05, 3.63) is 92.4 Å². The minimum absolute atomic E-state index is 0.0780. The highest BCUT2D eigenvalue weighted by Crippen LogP contribution is 2.20. The average Bonchev–Trinajstić information content (AvgIpc) is 2.67. The van der Waals surface area contributed by atoms with Gasteiger partial charge < -0.3 is 4.98 Å². The molecule has 0 fully saturated rings.